The highest BCUT2D eigenvalue weighted by molar-refractivity contribution is 6.30. The molecule has 19 heavy (non-hydrogen) atoms. The number of hydrogen-bond donors (Lipinski definition) is 1. The highest BCUT2D eigenvalue weighted by Gasteiger charge is 2.35. The summed E-state index contributed by atoms with van der Waals surface area (Å²) in [5, 5.41) is 3.97. The molecule has 1 amide bonds. The molecule has 0 saturated carbocycles. The third-order valence-corrected chi connectivity index (χ3v) is 3.99. The lowest BCUT2D eigenvalue weighted by atomic mass is 10.1. The lowest BCUT2D eigenvalue weighted by Gasteiger charge is -2.35. The summed E-state index contributed by atoms with van der Waals surface area (Å²) < 4.78 is 5.76. The number of nitrogens with zero attached hydrogens (tertiary/aromatic N) is 1. The predicted octanol–water partition coefficient (Wildman–Crippen LogP) is 1.46. The van der Waals surface area contributed by atoms with Gasteiger partial charge in [0.15, 0.2) is 6.10 Å². The van der Waals surface area contributed by atoms with Crippen LogP contribution in [0.2, 0.25) is 5.02 Å². The van der Waals surface area contributed by atoms with Gasteiger partial charge in [-0.2, -0.15) is 0 Å². The third-order valence-electron chi connectivity index (χ3n) is 3.76. The fourth-order valence-electron chi connectivity index (χ4n) is 2.71. The summed E-state index contributed by atoms with van der Waals surface area (Å²) in [6.07, 6.45) is 0.222. The Hall–Kier alpha value is -1.26. The van der Waals surface area contributed by atoms with E-state index in [0.717, 1.165) is 30.9 Å². The average molecular weight is 281 g/mol. The SMILES string of the molecule is CC1CNCCN1C(=O)C1Cc2cc(Cl)ccc2O1. The zero-order valence-electron chi connectivity index (χ0n) is 10.9. The molecule has 2 unspecified atom stereocenters. The summed E-state index contributed by atoms with van der Waals surface area (Å²) in [5.74, 6) is 0.867. The van der Waals surface area contributed by atoms with E-state index in [1.165, 1.54) is 0 Å². The van der Waals surface area contributed by atoms with E-state index >= 15 is 0 Å². The van der Waals surface area contributed by atoms with Crippen molar-refractivity contribution >= 4 is 17.5 Å². The summed E-state index contributed by atoms with van der Waals surface area (Å²) in [4.78, 5) is 14.4. The molecule has 0 aromatic heterocycles. The molecule has 0 aliphatic carbocycles. The van der Waals surface area contributed by atoms with Crippen molar-refractivity contribution in [2.75, 3.05) is 19.6 Å². The molecule has 102 valence electrons. The number of halogens is 1. The van der Waals surface area contributed by atoms with Crippen molar-refractivity contribution in [1.82, 2.24) is 10.2 Å². The van der Waals surface area contributed by atoms with Crippen molar-refractivity contribution in [2.45, 2.75) is 25.5 Å². The van der Waals surface area contributed by atoms with Crippen LogP contribution in [0.5, 0.6) is 5.75 Å². The molecule has 4 nitrogen and oxygen atoms in total. The van der Waals surface area contributed by atoms with E-state index in [1.807, 2.05) is 17.0 Å². The van der Waals surface area contributed by atoms with Gasteiger partial charge < -0.3 is 15.0 Å². The van der Waals surface area contributed by atoms with Gasteiger partial charge in [0.05, 0.1) is 0 Å². The Morgan fingerprint density at radius 3 is 3.16 bits per heavy atom. The van der Waals surface area contributed by atoms with Crippen molar-refractivity contribution < 1.29 is 9.53 Å². The lowest BCUT2D eigenvalue weighted by Crippen LogP contribution is -2.55. The van der Waals surface area contributed by atoms with Crippen LogP contribution < -0.4 is 10.1 Å². The number of nitrogens with one attached hydrogen (secondary N) is 1. The number of fused-ring (bicyclic) bond motifs is 1. The van der Waals surface area contributed by atoms with E-state index in [4.69, 9.17) is 16.3 Å². The summed E-state index contributed by atoms with van der Waals surface area (Å²) in [6, 6.07) is 5.73. The normalized spacial score (nSPS) is 25.9. The first kappa shape index (κ1) is 12.8. The largest absolute Gasteiger partial charge is 0.480 e. The zero-order chi connectivity index (χ0) is 13.4. The minimum Gasteiger partial charge on any atom is -0.480 e. The summed E-state index contributed by atoms with van der Waals surface area (Å²) in [5.41, 5.74) is 1.02. The number of carbonyl (C=O) groups excluding carboxylic acids is 1. The van der Waals surface area contributed by atoms with Crippen molar-refractivity contribution in [3.05, 3.63) is 28.8 Å². The van der Waals surface area contributed by atoms with Gasteiger partial charge in [0.2, 0.25) is 0 Å². The molecule has 0 spiro atoms. The number of amides is 1. The third kappa shape index (κ3) is 2.42. The van der Waals surface area contributed by atoms with Gasteiger partial charge >= 0.3 is 0 Å². The second kappa shape index (κ2) is 5.02. The number of hydrogen-bond acceptors (Lipinski definition) is 3. The standard InChI is InChI=1S/C14H17ClN2O2/c1-9-8-16-4-5-17(9)14(18)13-7-10-6-11(15)2-3-12(10)19-13/h2-3,6,9,13,16H,4-5,7-8H2,1H3. The van der Waals surface area contributed by atoms with Crippen LogP contribution in [0.4, 0.5) is 0 Å². The Bertz CT molecular complexity index is 506. The van der Waals surface area contributed by atoms with Crippen LogP contribution in [-0.2, 0) is 11.2 Å². The first-order chi connectivity index (χ1) is 9.15. The van der Waals surface area contributed by atoms with Gasteiger partial charge in [0.25, 0.3) is 5.91 Å². The van der Waals surface area contributed by atoms with Crippen LogP contribution in [0.15, 0.2) is 18.2 Å². The minimum atomic E-state index is -0.394. The monoisotopic (exact) mass is 280 g/mol. The van der Waals surface area contributed by atoms with Crippen LogP contribution >= 0.6 is 11.6 Å². The number of rotatable bonds is 1. The predicted molar refractivity (Wildman–Crippen MR) is 73.6 cm³/mol. The molecule has 3 rings (SSSR count). The number of carbonyl (C=O) groups is 1. The van der Waals surface area contributed by atoms with Crippen molar-refractivity contribution in [3.63, 3.8) is 0 Å². The van der Waals surface area contributed by atoms with Crippen molar-refractivity contribution in [1.29, 1.82) is 0 Å². The molecule has 0 bridgehead atoms. The molecule has 2 heterocycles. The Balaban J connectivity index is 1.73. The van der Waals surface area contributed by atoms with Crippen LogP contribution in [0.25, 0.3) is 0 Å². The van der Waals surface area contributed by atoms with E-state index in [-0.39, 0.29) is 11.9 Å². The van der Waals surface area contributed by atoms with Gasteiger partial charge in [0.1, 0.15) is 5.75 Å². The zero-order valence-corrected chi connectivity index (χ0v) is 11.6. The molecule has 2 atom stereocenters. The molecule has 2 aliphatic rings. The first-order valence-electron chi connectivity index (χ1n) is 6.61. The molecule has 2 aliphatic heterocycles. The highest BCUT2D eigenvalue weighted by atomic mass is 35.5. The maximum Gasteiger partial charge on any atom is 0.264 e. The molecule has 5 heteroatoms. The Kier molecular flexibility index (Phi) is 3.37. The first-order valence-corrected chi connectivity index (χ1v) is 6.99. The average Bonchev–Trinajstić information content (AvgIpc) is 2.81. The molecule has 1 N–H and O–H groups in total. The van der Waals surface area contributed by atoms with Gasteiger partial charge in [-0.05, 0) is 30.7 Å². The van der Waals surface area contributed by atoms with Gasteiger partial charge in [-0.15, -0.1) is 0 Å². The number of piperazine rings is 1. The van der Waals surface area contributed by atoms with Crippen LogP contribution in [-0.4, -0.2) is 42.6 Å². The van der Waals surface area contributed by atoms with E-state index in [9.17, 15) is 4.79 Å². The van der Waals surface area contributed by atoms with Gasteiger partial charge in [0, 0.05) is 37.1 Å². The molecule has 1 fully saturated rings. The van der Waals surface area contributed by atoms with Crippen LogP contribution in [0.3, 0.4) is 0 Å². The van der Waals surface area contributed by atoms with Gasteiger partial charge in [-0.1, -0.05) is 11.6 Å². The molecule has 1 saturated heterocycles. The van der Waals surface area contributed by atoms with E-state index in [0.29, 0.717) is 11.4 Å². The van der Waals surface area contributed by atoms with Crippen LogP contribution in [0, 0.1) is 0 Å². The summed E-state index contributed by atoms with van der Waals surface area (Å²) >= 11 is 5.96. The molecule has 1 aromatic carbocycles. The molecular formula is C14H17ClN2O2. The Morgan fingerprint density at radius 1 is 1.53 bits per heavy atom. The summed E-state index contributed by atoms with van der Waals surface area (Å²) in [7, 11) is 0. The van der Waals surface area contributed by atoms with E-state index < -0.39 is 6.10 Å². The fraction of sp³-hybridized carbons (Fsp3) is 0.500. The maximum atomic E-state index is 12.5. The number of benzene rings is 1. The van der Waals surface area contributed by atoms with Crippen molar-refractivity contribution in [3.8, 4) is 5.75 Å². The Labute approximate surface area is 117 Å². The second-order valence-corrected chi connectivity index (χ2v) is 5.58. The molecule has 0 radical (unpaired) electrons. The maximum absolute atomic E-state index is 12.5. The smallest absolute Gasteiger partial charge is 0.264 e. The number of ether oxygens (including phenoxy) is 1. The fourth-order valence-corrected chi connectivity index (χ4v) is 2.90. The quantitative estimate of drug-likeness (QED) is 0.847. The van der Waals surface area contributed by atoms with Crippen molar-refractivity contribution in [2.24, 2.45) is 0 Å². The summed E-state index contributed by atoms with van der Waals surface area (Å²) in [6.45, 7) is 4.50. The minimum absolute atomic E-state index is 0.0846. The van der Waals surface area contributed by atoms with E-state index in [2.05, 4.69) is 12.2 Å². The topological polar surface area (TPSA) is 41.6 Å². The lowest BCUT2D eigenvalue weighted by molar-refractivity contribution is -0.140. The molecular weight excluding hydrogens is 264 g/mol. The van der Waals surface area contributed by atoms with Gasteiger partial charge in [-0.25, -0.2) is 0 Å². The Morgan fingerprint density at radius 2 is 2.37 bits per heavy atom. The van der Waals surface area contributed by atoms with E-state index in [1.54, 1.807) is 6.07 Å². The molecule has 1 aromatic rings. The van der Waals surface area contributed by atoms with Gasteiger partial charge in [-0.3, -0.25) is 4.79 Å². The van der Waals surface area contributed by atoms with Crippen LogP contribution in [0.1, 0.15) is 12.5 Å². The second-order valence-electron chi connectivity index (χ2n) is 5.15. The highest BCUT2D eigenvalue weighted by Crippen LogP contribution is 2.31.